The minimum Gasteiger partial charge on any atom is -0.508 e. The third kappa shape index (κ3) is 3.12. The number of ether oxygens (including phenoxy) is 1. The Kier molecular flexibility index (Phi) is 5.46. The number of aryl methyl sites for hydroxylation is 1. The van der Waals surface area contributed by atoms with E-state index in [4.69, 9.17) is 4.74 Å². The van der Waals surface area contributed by atoms with Crippen LogP contribution in [0.25, 0.3) is 0 Å². The molecule has 0 aliphatic heterocycles. The summed E-state index contributed by atoms with van der Waals surface area (Å²) < 4.78 is 5.18. The van der Waals surface area contributed by atoms with Crippen LogP contribution in [-0.4, -0.2) is 41.7 Å². The van der Waals surface area contributed by atoms with Crippen LogP contribution in [0.1, 0.15) is 44.2 Å². The Hall–Kier alpha value is -1.55. The Labute approximate surface area is 133 Å². The molecule has 2 rings (SSSR count). The number of rotatable bonds is 6. The maximum absolute atomic E-state index is 12.6. The van der Waals surface area contributed by atoms with Crippen LogP contribution in [0.4, 0.5) is 0 Å². The molecule has 1 aliphatic rings. The summed E-state index contributed by atoms with van der Waals surface area (Å²) in [6, 6.07) is 5.47. The van der Waals surface area contributed by atoms with Gasteiger partial charge in [0.2, 0.25) is 0 Å². The lowest BCUT2D eigenvalue weighted by molar-refractivity contribution is -0.156. The van der Waals surface area contributed by atoms with Gasteiger partial charge in [-0.1, -0.05) is 19.9 Å². The van der Waals surface area contributed by atoms with Gasteiger partial charge >= 0.3 is 5.97 Å². The molecular weight excluding hydrogens is 278 g/mol. The number of carbonyl (C=O) groups is 1. The van der Waals surface area contributed by atoms with E-state index in [-0.39, 0.29) is 5.97 Å². The Morgan fingerprint density at radius 3 is 2.55 bits per heavy atom. The lowest BCUT2D eigenvalue weighted by Gasteiger charge is -2.44. The van der Waals surface area contributed by atoms with E-state index in [9.17, 15) is 9.90 Å². The minimum absolute atomic E-state index is 0.131. The van der Waals surface area contributed by atoms with Crippen LogP contribution >= 0.6 is 0 Å². The molecule has 1 unspecified atom stereocenters. The van der Waals surface area contributed by atoms with Crippen molar-refractivity contribution < 1.29 is 14.6 Å². The van der Waals surface area contributed by atoms with E-state index in [0.717, 1.165) is 49.9 Å². The fourth-order valence-corrected chi connectivity index (χ4v) is 3.61. The van der Waals surface area contributed by atoms with Crippen LogP contribution < -0.4 is 0 Å². The van der Waals surface area contributed by atoms with Crippen LogP contribution in [0.3, 0.4) is 0 Å². The van der Waals surface area contributed by atoms with Gasteiger partial charge in [0.25, 0.3) is 0 Å². The smallest absolute Gasteiger partial charge is 0.326 e. The predicted octanol–water partition coefficient (Wildman–Crippen LogP) is 2.91. The molecule has 4 heteroatoms. The molecular formula is C18H27NO3. The van der Waals surface area contributed by atoms with Crippen LogP contribution in [0.2, 0.25) is 0 Å². The van der Waals surface area contributed by atoms with E-state index in [1.807, 2.05) is 12.1 Å². The summed E-state index contributed by atoms with van der Waals surface area (Å²) >= 11 is 0. The highest BCUT2D eigenvalue weighted by atomic mass is 16.5. The van der Waals surface area contributed by atoms with E-state index < -0.39 is 5.54 Å². The van der Waals surface area contributed by atoms with Gasteiger partial charge in [-0.15, -0.1) is 0 Å². The molecule has 22 heavy (non-hydrogen) atoms. The van der Waals surface area contributed by atoms with Crippen molar-refractivity contribution in [3.63, 3.8) is 0 Å². The number of phenolic OH excluding ortho intramolecular Hbond substituents is 1. The number of hydrogen-bond acceptors (Lipinski definition) is 4. The number of esters is 1. The highest BCUT2D eigenvalue weighted by molar-refractivity contribution is 5.82. The number of carbonyl (C=O) groups excluding carboxylic acids is 1. The van der Waals surface area contributed by atoms with Gasteiger partial charge < -0.3 is 9.84 Å². The molecule has 0 bridgehead atoms. The molecule has 1 atom stereocenters. The zero-order valence-electron chi connectivity index (χ0n) is 13.9. The standard InChI is InChI=1S/C18H27NO3/c1-4-10-19(11-5-2)18(17(21)22-3)9-8-14-12-16(20)7-6-15(14)13-18/h6-7,12,20H,4-5,8-11,13H2,1-3H3. The van der Waals surface area contributed by atoms with E-state index in [1.54, 1.807) is 6.07 Å². The SMILES string of the molecule is CCCN(CCC)C1(C(=O)OC)CCc2cc(O)ccc2C1. The summed E-state index contributed by atoms with van der Waals surface area (Å²) in [5.74, 6) is 0.163. The normalized spacial score (nSPS) is 20.7. The maximum atomic E-state index is 12.6. The van der Waals surface area contributed by atoms with Gasteiger partial charge in [-0.25, -0.2) is 0 Å². The first-order chi connectivity index (χ1) is 10.6. The Morgan fingerprint density at radius 1 is 1.27 bits per heavy atom. The third-order valence-corrected chi connectivity index (χ3v) is 4.64. The molecule has 1 aromatic rings. The number of fused-ring (bicyclic) bond motifs is 1. The third-order valence-electron chi connectivity index (χ3n) is 4.64. The molecule has 0 heterocycles. The number of methoxy groups -OCH3 is 1. The Morgan fingerprint density at radius 2 is 1.95 bits per heavy atom. The molecule has 122 valence electrons. The first-order valence-electron chi connectivity index (χ1n) is 8.21. The summed E-state index contributed by atoms with van der Waals surface area (Å²) in [6.45, 7) is 6.08. The summed E-state index contributed by atoms with van der Waals surface area (Å²) in [4.78, 5) is 14.9. The van der Waals surface area contributed by atoms with Crippen LogP contribution in [0.5, 0.6) is 5.75 Å². The molecule has 1 aliphatic carbocycles. The van der Waals surface area contributed by atoms with Crippen molar-refractivity contribution in [2.75, 3.05) is 20.2 Å². The van der Waals surface area contributed by atoms with Crippen molar-refractivity contribution in [2.45, 2.75) is 51.5 Å². The van der Waals surface area contributed by atoms with Gasteiger partial charge in [-0.05, 0) is 62.0 Å². The quantitative estimate of drug-likeness (QED) is 0.821. The maximum Gasteiger partial charge on any atom is 0.326 e. The van der Waals surface area contributed by atoms with Crippen LogP contribution in [0.15, 0.2) is 18.2 Å². The zero-order chi connectivity index (χ0) is 16.2. The first-order valence-corrected chi connectivity index (χ1v) is 8.21. The average Bonchev–Trinajstić information content (AvgIpc) is 2.53. The van der Waals surface area contributed by atoms with Crippen molar-refractivity contribution in [2.24, 2.45) is 0 Å². The fourth-order valence-electron chi connectivity index (χ4n) is 3.61. The van der Waals surface area contributed by atoms with E-state index >= 15 is 0 Å². The van der Waals surface area contributed by atoms with Gasteiger partial charge in [0.1, 0.15) is 11.3 Å². The molecule has 0 saturated heterocycles. The summed E-state index contributed by atoms with van der Waals surface area (Å²) in [7, 11) is 1.48. The molecule has 0 aromatic heterocycles. The van der Waals surface area contributed by atoms with Crippen molar-refractivity contribution in [1.82, 2.24) is 4.90 Å². The van der Waals surface area contributed by atoms with Gasteiger partial charge in [-0.2, -0.15) is 0 Å². The molecule has 0 radical (unpaired) electrons. The monoisotopic (exact) mass is 305 g/mol. The average molecular weight is 305 g/mol. The molecule has 1 aromatic carbocycles. The predicted molar refractivity (Wildman–Crippen MR) is 87.0 cm³/mol. The largest absolute Gasteiger partial charge is 0.508 e. The zero-order valence-corrected chi connectivity index (χ0v) is 13.9. The lowest BCUT2D eigenvalue weighted by atomic mass is 9.76. The van der Waals surface area contributed by atoms with Crippen molar-refractivity contribution in [3.8, 4) is 5.75 Å². The number of nitrogens with zero attached hydrogens (tertiary/aromatic N) is 1. The Bertz CT molecular complexity index is 523. The van der Waals surface area contributed by atoms with Crippen LogP contribution in [0, 0.1) is 0 Å². The van der Waals surface area contributed by atoms with E-state index in [2.05, 4.69) is 18.7 Å². The minimum atomic E-state index is -0.565. The molecule has 0 fully saturated rings. The van der Waals surface area contributed by atoms with Gasteiger partial charge in [0.15, 0.2) is 0 Å². The topological polar surface area (TPSA) is 49.8 Å². The first kappa shape index (κ1) is 16.8. The van der Waals surface area contributed by atoms with Crippen LogP contribution in [-0.2, 0) is 22.4 Å². The van der Waals surface area contributed by atoms with Crippen molar-refractivity contribution >= 4 is 5.97 Å². The number of aromatic hydroxyl groups is 1. The van der Waals surface area contributed by atoms with Gasteiger partial charge in [-0.3, -0.25) is 9.69 Å². The second-order valence-electron chi connectivity index (χ2n) is 6.14. The number of hydrogen-bond donors (Lipinski definition) is 1. The second kappa shape index (κ2) is 7.14. The summed E-state index contributed by atoms with van der Waals surface area (Å²) in [6.07, 6.45) is 4.23. The molecule has 0 amide bonds. The second-order valence-corrected chi connectivity index (χ2v) is 6.14. The molecule has 4 nitrogen and oxygen atoms in total. The molecule has 1 N–H and O–H groups in total. The molecule has 0 spiro atoms. The summed E-state index contributed by atoms with van der Waals surface area (Å²) in [5, 5.41) is 9.65. The molecule has 0 saturated carbocycles. The highest BCUT2D eigenvalue weighted by Gasteiger charge is 2.46. The number of phenols is 1. The van der Waals surface area contributed by atoms with Crippen molar-refractivity contribution in [3.05, 3.63) is 29.3 Å². The lowest BCUT2D eigenvalue weighted by Crippen LogP contribution is -2.58. The summed E-state index contributed by atoms with van der Waals surface area (Å²) in [5.41, 5.74) is 1.73. The van der Waals surface area contributed by atoms with E-state index in [1.165, 1.54) is 7.11 Å². The van der Waals surface area contributed by atoms with Gasteiger partial charge in [0.05, 0.1) is 7.11 Å². The van der Waals surface area contributed by atoms with E-state index in [0.29, 0.717) is 12.2 Å². The Balaban J connectivity index is 2.39. The van der Waals surface area contributed by atoms with Crippen molar-refractivity contribution in [1.29, 1.82) is 0 Å². The highest BCUT2D eigenvalue weighted by Crippen LogP contribution is 2.36. The van der Waals surface area contributed by atoms with Gasteiger partial charge in [0, 0.05) is 6.42 Å². The fraction of sp³-hybridized carbons (Fsp3) is 0.611. The number of benzene rings is 1.